The molecule has 0 saturated heterocycles. The fourth-order valence-electron chi connectivity index (χ4n) is 1.48. The van der Waals surface area contributed by atoms with Crippen molar-refractivity contribution in [3.8, 4) is 0 Å². The van der Waals surface area contributed by atoms with E-state index in [2.05, 4.69) is 44.2 Å². The summed E-state index contributed by atoms with van der Waals surface area (Å²) in [6.07, 6.45) is 10.6. The van der Waals surface area contributed by atoms with E-state index in [-0.39, 0.29) is 24.0 Å². The molecule has 0 aliphatic heterocycles. The van der Waals surface area contributed by atoms with E-state index in [1.807, 2.05) is 0 Å². The van der Waals surface area contributed by atoms with Crippen LogP contribution in [0.3, 0.4) is 0 Å². The van der Waals surface area contributed by atoms with Crippen molar-refractivity contribution in [2.45, 2.75) is 45.1 Å². The van der Waals surface area contributed by atoms with Gasteiger partial charge in [-0.2, -0.15) is 4.57 Å². The SMILES string of the molecule is ICCCCCCCC[n+]1ccsc1.[I-]. The third-order valence-corrected chi connectivity index (χ3v) is 3.76. The average Bonchev–Trinajstić information content (AvgIpc) is 2.69. The highest BCUT2D eigenvalue weighted by molar-refractivity contribution is 14.1. The van der Waals surface area contributed by atoms with Crippen LogP contribution in [0.4, 0.5) is 0 Å². The Kier molecular flexibility index (Phi) is 12.4. The number of alkyl halides is 1. The Morgan fingerprint density at radius 2 is 1.67 bits per heavy atom. The normalized spacial score (nSPS) is 9.93. The maximum Gasteiger partial charge on any atom is 0.224 e. The third kappa shape index (κ3) is 8.85. The lowest BCUT2D eigenvalue weighted by atomic mass is 10.1. The van der Waals surface area contributed by atoms with Crippen LogP contribution in [-0.2, 0) is 6.54 Å². The average molecular weight is 451 g/mol. The zero-order valence-corrected chi connectivity index (χ0v) is 14.1. The van der Waals surface area contributed by atoms with Gasteiger partial charge in [0.05, 0.1) is 5.38 Å². The Morgan fingerprint density at radius 3 is 2.27 bits per heavy atom. The van der Waals surface area contributed by atoms with Gasteiger partial charge in [-0.3, -0.25) is 0 Å². The van der Waals surface area contributed by atoms with Crippen molar-refractivity contribution in [2.75, 3.05) is 4.43 Å². The Morgan fingerprint density at radius 1 is 1.00 bits per heavy atom. The molecule has 88 valence electrons. The van der Waals surface area contributed by atoms with Gasteiger partial charge in [0.2, 0.25) is 5.51 Å². The maximum absolute atomic E-state index is 2.46. The van der Waals surface area contributed by atoms with E-state index < -0.39 is 0 Å². The molecule has 0 atom stereocenters. The molecule has 0 saturated carbocycles. The van der Waals surface area contributed by atoms with Crippen LogP contribution in [0, 0.1) is 0 Å². The molecule has 0 aliphatic carbocycles. The first-order chi connectivity index (χ1) is 6.93. The molecule has 0 amide bonds. The standard InChI is InChI=1S/C11H19INS.HI/c12-7-5-3-1-2-4-6-8-13-9-10-14-11-13;/h9-11H,1-8H2;1H/q+1;/p-1. The minimum Gasteiger partial charge on any atom is -1.00 e. The smallest absolute Gasteiger partial charge is 0.224 e. The van der Waals surface area contributed by atoms with Gasteiger partial charge in [-0.05, 0) is 17.3 Å². The molecule has 1 aromatic heterocycles. The molecule has 1 heterocycles. The molecule has 0 N–H and O–H groups in total. The summed E-state index contributed by atoms with van der Waals surface area (Å²) < 4.78 is 3.61. The van der Waals surface area contributed by atoms with E-state index in [0.29, 0.717) is 0 Å². The van der Waals surface area contributed by atoms with Gasteiger partial charge in [-0.25, -0.2) is 0 Å². The van der Waals surface area contributed by atoms with Gasteiger partial charge in [-0.15, -0.1) is 0 Å². The first-order valence-electron chi connectivity index (χ1n) is 5.40. The van der Waals surface area contributed by atoms with E-state index in [9.17, 15) is 0 Å². The van der Waals surface area contributed by atoms with Crippen LogP contribution in [0.5, 0.6) is 0 Å². The van der Waals surface area contributed by atoms with Gasteiger partial charge >= 0.3 is 0 Å². The number of nitrogens with zero attached hydrogens (tertiary/aromatic N) is 1. The monoisotopic (exact) mass is 451 g/mol. The van der Waals surface area contributed by atoms with Crippen LogP contribution in [0.2, 0.25) is 0 Å². The fourth-order valence-corrected chi connectivity index (χ4v) is 2.65. The molecule has 15 heavy (non-hydrogen) atoms. The minimum absolute atomic E-state index is 0. The number of unbranched alkanes of at least 4 members (excludes halogenated alkanes) is 5. The molecule has 0 unspecified atom stereocenters. The Labute approximate surface area is 128 Å². The summed E-state index contributed by atoms with van der Waals surface area (Å²) in [5, 5.41) is 2.14. The Bertz CT molecular complexity index is 214. The van der Waals surface area contributed by atoms with Gasteiger partial charge in [0, 0.05) is 6.42 Å². The van der Waals surface area contributed by atoms with Crippen LogP contribution < -0.4 is 28.5 Å². The summed E-state index contributed by atoms with van der Waals surface area (Å²) >= 11 is 4.24. The van der Waals surface area contributed by atoms with Crippen LogP contribution in [0.15, 0.2) is 17.1 Å². The lowest BCUT2D eigenvalue weighted by Gasteiger charge is -1.97. The lowest BCUT2D eigenvalue weighted by Crippen LogP contribution is -3.00. The number of aryl methyl sites for hydroxylation is 1. The number of halogens is 2. The van der Waals surface area contributed by atoms with Crippen molar-refractivity contribution in [2.24, 2.45) is 0 Å². The van der Waals surface area contributed by atoms with E-state index >= 15 is 0 Å². The van der Waals surface area contributed by atoms with Gasteiger partial charge in [-0.1, -0.05) is 53.2 Å². The van der Waals surface area contributed by atoms with Crippen LogP contribution >= 0.6 is 33.9 Å². The second-order valence-electron chi connectivity index (χ2n) is 3.57. The summed E-state index contributed by atoms with van der Waals surface area (Å²) in [4.78, 5) is 0. The molecular formula is C11H19I2NS. The second-order valence-corrected chi connectivity index (χ2v) is 5.41. The molecule has 0 spiro atoms. The molecule has 0 fully saturated rings. The predicted octanol–water partition coefficient (Wildman–Crippen LogP) is 0.815. The first-order valence-corrected chi connectivity index (χ1v) is 7.87. The molecule has 1 rings (SSSR count). The van der Waals surface area contributed by atoms with Crippen molar-refractivity contribution in [3.63, 3.8) is 0 Å². The highest BCUT2D eigenvalue weighted by Gasteiger charge is 1.98. The summed E-state index contributed by atoms with van der Waals surface area (Å²) in [5.74, 6) is 0. The Hall–Kier alpha value is 1.09. The number of hydrogen-bond acceptors (Lipinski definition) is 1. The molecule has 0 aliphatic rings. The third-order valence-electron chi connectivity index (χ3n) is 2.33. The molecule has 4 heteroatoms. The van der Waals surface area contributed by atoms with E-state index in [1.54, 1.807) is 11.3 Å². The number of rotatable bonds is 8. The van der Waals surface area contributed by atoms with Crippen molar-refractivity contribution in [3.05, 3.63) is 17.1 Å². The van der Waals surface area contributed by atoms with Crippen LogP contribution in [0.1, 0.15) is 38.5 Å². The number of aromatic nitrogens is 1. The van der Waals surface area contributed by atoms with Crippen molar-refractivity contribution in [1.82, 2.24) is 0 Å². The molecular weight excluding hydrogens is 432 g/mol. The summed E-state index contributed by atoms with van der Waals surface area (Å²) in [5.41, 5.74) is 2.19. The highest BCUT2D eigenvalue weighted by atomic mass is 127. The highest BCUT2D eigenvalue weighted by Crippen LogP contribution is 2.06. The minimum atomic E-state index is 0. The Balaban J connectivity index is 0.00000196. The van der Waals surface area contributed by atoms with Crippen molar-refractivity contribution < 1.29 is 28.5 Å². The van der Waals surface area contributed by atoms with E-state index in [4.69, 9.17) is 0 Å². The number of hydrogen-bond donors (Lipinski definition) is 0. The van der Waals surface area contributed by atoms with Crippen LogP contribution in [0.25, 0.3) is 0 Å². The van der Waals surface area contributed by atoms with Crippen molar-refractivity contribution in [1.29, 1.82) is 0 Å². The predicted molar refractivity (Wildman–Crippen MR) is 71.1 cm³/mol. The van der Waals surface area contributed by atoms with Gasteiger partial charge in [0.25, 0.3) is 0 Å². The summed E-state index contributed by atoms with van der Waals surface area (Å²) in [6.45, 7) is 1.20. The zero-order chi connectivity index (χ0) is 10.1. The lowest BCUT2D eigenvalue weighted by molar-refractivity contribution is -0.692. The number of thiazole rings is 1. The topological polar surface area (TPSA) is 3.88 Å². The molecule has 0 radical (unpaired) electrons. The summed E-state index contributed by atoms with van der Waals surface area (Å²) in [6, 6.07) is 0. The quantitative estimate of drug-likeness (QED) is 0.239. The van der Waals surface area contributed by atoms with Gasteiger partial charge in [0.1, 0.15) is 6.54 Å². The van der Waals surface area contributed by atoms with Crippen LogP contribution in [-0.4, -0.2) is 4.43 Å². The largest absolute Gasteiger partial charge is 1.00 e. The van der Waals surface area contributed by atoms with E-state index in [1.165, 1.54) is 49.5 Å². The zero-order valence-electron chi connectivity index (χ0n) is 9.00. The van der Waals surface area contributed by atoms with Crippen molar-refractivity contribution >= 4 is 33.9 Å². The summed E-state index contributed by atoms with van der Waals surface area (Å²) in [7, 11) is 0. The second kappa shape index (κ2) is 11.6. The molecule has 0 bridgehead atoms. The van der Waals surface area contributed by atoms with Gasteiger partial charge < -0.3 is 24.0 Å². The molecule has 1 aromatic rings. The molecule has 0 aromatic carbocycles. The van der Waals surface area contributed by atoms with E-state index in [0.717, 1.165) is 0 Å². The maximum atomic E-state index is 2.46. The first kappa shape index (κ1) is 16.1. The fraction of sp³-hybridized carbons (Fsp3) is 0.727. The van der Waals surface area contributed by atoms with Gasteiger partial charge in [0.15, 0.2) is 6.20 Å². The molecule has 1 nitrogen and oxygen atoms in total.